The summed E-state index contributed by atoms with van der Waals surface area (Å²) in [7, 11) is 0. The fourth-order valence-electron chi connectivity index (χ4n) is 4.36. The number of unbranched alkanes of at least 4 members (excludes halogenated alkanes) is 4. The molecule has 4 aromatic rings. The second-order valence-electron chi connectivity index (χ2n) is 8.68. The first-order valence-corrected chi connectivity index (χ1v) is 11.9. The highest BCUT2D eigenvalue weighted by molar-refractivity contribution is 6.05. The Morgan fingerprint density at radius 2 is 1.44 bits per heavy atom. The quantitative estimate of drug-likeness (QED) is 0.152. The van der Waals surface area contributed by atoms with E-state index in [9.17, 15) is 4.79 Å². The van der Waals surface area contributed by atoms with E-state index in [1.165, 1.54) is 18.4 Å². The molecule has 0 spiro atoms. The lowest BCUT2D eigenvalue weighted by Crippen LogP contribution is -2.03. The van der Waals surface area contributed by atoms with Crippen LogP contribution in [0.1, 0.15) is 63.5 Å². The molecule has 0 radical (unpaired) electrons. The monoisotopic (exact) mass is 430 g/mol. The number of hydrogen-bond donors (Lipinski definition) is 0. The molecule has 32 heavy (non-hydrogen) atoms. The number of rotatable bonds is 9. The van der Waals surface area contributed by atoms with Crippen molar-refractivity contribution in [1.82, 2.24) is 0 Å². The highest BCUT2D eigenvalue weighted by Crippen LogP contribution is 2.30. The predicted octanol–water partition coefficient (Wildman–Crippen LogP) is 8.22. The molecule has 0 atom stereocenters. The second-order valence-corrected chi connectivity index (χ2v) is 8.68. The molecule has 166 valence electrons. The predicted molar refractivity (Wildman–Crippen MR) is 132 cm³/mol. The third-order valence-electron chi connectivity index (χ3n) is 6.31. The minimum atomic E-state index is -0.490. The van der Waals surface area contributed by atoms with Crippen molar-refractivity contribution >= 4 is 21.7 Å². The number of aryl methyl sites for hydroxylation is 2. The van der Waals surface area contributed by atoms with Crippen molar-refractivity contribution in [2.24, 2.45) is 0 Å². The van der Waals surface area contributed by atoms with E-state index in [1.54, 1.807) is 0 Å². The van der Waals surface area contributed by atoms with E-state index in [-0.39, 0.29) is 5.58 Å². The zero-order chi connectivity index (χ0) is 22.5. The lowest BCUT2D eigenvalue weighted by atomic mass is 9.97. The van der Waals surface area contributed by atoms with Crippen molar-refractivity contribution in [2.75, 3.05) is 0 Å². The molecule has 3 aromatic carbocycles. The summed E-state index contributed by atoms with van der Waals surface area (Å²) in [5.74, 6) is -0.398. The minimum Gasteiger partial charge on any atom is -0.419 e. The van der Waals surface area contributed by atoms with Crippen molar-refractivity contribution < 1.29 is 8.81 Å². The van der Waals surface area contributed by atoms with E-state index in [4.69, 9.17) is 4.42 Å². The van der Waals surface area contributed by atoms with Crippen LogP contribution in [-0.4, -0.2) is 0 Å². The summed E-state index contributed by atoms with van der Waals surface area (Å²) in [6.45, 7) is 4.35. The smallest absolute Gasteiger partial charge is 0.344 e. The SMILES string of the molecule is CCCCCCc1ccc2c(oc(=O)c3cc(-c4ccc(CCCC)cc4)ccc32)c1F. The summed E-state index contributed by atoms with van der Waals surface area (Å²) in [6.07, 6.45) is 8.42. The Balaban J connectivity index is 1.69. The van der Waals surface area contributed by atoms with Gasteiger partial charge in [-0.1, -0.05) is 88.1 Å². The third-order valence-corrected chi connectivity index (χ3v) is 6.31. The van der Waals surface area contributed by atoms with Gasteiger partial charge in [0.2, 0.25) is 0 Å². The van der Waals surface area contributed by atoms with Crippen LogP contribution in [0.15, 0.2) is 63.8 Å². The van der Waals surface area contributed by atoms with Gasteiger partial charge in [-0.05, 0) is 54.0 Å². The lowest BCUT2D eigenvalue weighted by Gasteiger charge is -2.09. The molecular weight excluding hydrogens is 399 g/mol. The highest BCUT2D eigenvalue weighted by Gasteiger charge is 2.15. The Morgan fingerprint density at radius 1 is 0.719 bits per heavy atom. The van der Waals surface area contributed by atoms with Gasteiger partial charge in [0.05, 0.1) is 5.39 Å². The van der Waals surface area contributed by atoms with E-state index in [1.807, 2.05) is 30.3 Å². The van der Waals surface area contributed by atoms with E-state index < -0.39 is 11.4 Å². The van der Waals surface area contributed by atoms with Gasteiger partial charge in [-0.25, -0.2) is 9.18 Å². The third kappa shape index (κ3) is 4.62. The number of fused-ring (bicyclic) bond motifs is 3. The van der Waals surface area contributed by atoms with E-state index in [2.05, 4.69) is 38.1 Å². The summed E-state index contributed by atoms with van der Waals surface area (Å²) in [5, 5.41) is 1.87. The largest absolute Gasteiger partial charge is 0.419 e. The first kappa shape index (κ1) is 22.3. The molecule has 1 aromatic heterocycles. The molecular formula is C29H31FO2. The van der Waals surface area contributed by atoms with Gasteiger partial charge in [0.1, 0.15) is 0 Å². The van der Waals surface area contributed by atoms with Gasteiger partial charge in [-0.15, -0.1) is 0 Å². The van der Waals surface area contributed by atoms with Gasteiger partial charge in [0, 0.05) is 10.8 Å². The molecule has 0 aliphatic heterocycles. The van der Waals surface area contributed by atoms with Crippen molar-refractivity contribution in [2.45, 2.75) is 65.2 Å². The molecule has 0 N–H and O–H groups in total. The summed E-state index contributed by atoms with van der Waals surface area (Å²) in [5.41, 5.74) is 3.54. The van der Waals surface area contributed by atoms with Crippen LogP contribution in [0.3, 0.4) is 0 Å². The molecule has 0 aliphatic carbocycles. The van der Waals surface area contributed by atoms with Crippen LogP contribution in [-0.2, 0) is 12.8 Å². The Kier molecular flexibility index (Phi) is 7.04. The fraction of sp³-hybridized carbons (Fsp3) is 0.345. The van der Waals surface area contributed by atoms with Crippen LogP contribution in [0, 0.1) is 5.82 Å². The number of hydrogen-bond acceptors (Lipinski definition) is 2. The minimum absolute atomic E-state index is 0.0727. The van der Waals surface area contributed by atoms with E-state index in [0.717, 1.165) is 48.6 Å². The van der Waals surface area contributed by atoms with Gasteiger partial charge in [0.25, 0.3) is 0 Å². The van der Waals surface area contributed by atoms with Crippen molar-refractivity contribution in [3.8, 4) is 11.1 Å². The van der Waals surface area contributed by atoms with Gasteiger partial charge >= 0.3 is 5.63 Å². The lowest BCUT2D eigenvalue weighted by molar-refractivity contribution is 0.522. The van der Waals surface area contributed by atoms with Gasteiger partial charge < -0.3 is 4.42 Å². The van der Waals surface area contributed by atoms with Crippen LogP contribution in [0.5, 0.6) is 0 Å². The Labute approximate surface area is 189 Å². The summed E-state index contributed by atoms with van der Waals surface area (Å²) < 4.78 is 20.6. The fourth-order valence-corrected chi connectivity index (χ4v) is 4.36. The first-order chi connectivity index (χ1) is 15.6. The molecule has 0 bridgehead atoms. The summed E-state index contributed by atoms with van der Waals surface area (Å²) in [4.78, 5) is 12.8. The molecule has 1 heterocycles. The van der Waals surface area contributed by atoms with Gasteiger partial charge in [-0.3, -0.25) is 0 Å². The van der Waals surface area contributed by atoms with Crippen LogP contribution < -0.4 is 5.63 Å². The maximum atomic E-state index is 15.1. The molecule has 0 aliphatic rings. The molecule has 3 heteroatoms. The zero-order valence-corrected chi connectivity index (χ0v) is 19.0. The van der Waals surface area contributed by atoms with Crippen molar-refractivity contribution in [3.05, 3.63) is 82.0 Å². The molecule has 2 nitrogen and oxygen atoms in total. The van der Waals surface area contributed by atoms with E-state index in [0.29, 0.717) is 22.8 Å². The summed E-state index contributed by atoms with van der Waals surface area (Å²) in [6, 6.07) is 18.0. The highest BCUT2D eigenvalue weighted by atomic mass is 19.1. The zero-order valence-electron chi connectivity index (χ0n) is 19.0. The maximum Gasteiger partial charge on any atom is 0.344 e. The molecule has 0 saturated carbocycles. The Bertz CT molecular complexity index is 1270. The molecule has 0 amide bonds. The average Bonchev–Trinajstić information content (AvgIpc) is 2.82. The maximum absolute atomic E-state index is 15.1. The standard InChI is InChI=1S/C29H31FO2/c1-3-5-7-8-10-22-15-18-25-24-17-16-23(19-26(24)29(31)32-28(25)27(22)30)21-13-11-20(12-14-21)9-6-4-2/h11-19H,3-10H2,1-2H3. The number of benzene rings is 3. The molecule has 0 saturated heterocycles. The topological polar surface area (TPSA) is 30.2 Å². The van der Waals surface area contributed by atoms with E-state index >= 15 is 4.39 Å². The Hall–Kier alpha value is -2.94. The average molecular weight is 431 g/mol. The first-order valence-electron chi connectivity index (χ1n) is 11.9. The Morgan fingerprint density at radius 3 is 2.19 bits per heavy atom. The van der Waals surface area contributed by atoms with Crippen LogP contribution >= 0.6 is 0 Å². The normalized spacial score (nSPS) is 11.5. The van der Waals surface area contributed by atoms with Crippen LogP contribution in [0.25, 0.3) is 32.9 Å². The van der Waals surface area contributed by atoms with Crippen LogP contribution in [0.2, 0.25) is 0 Å². The molecule has 0 unspecified atom stereocenters. The van der Waals surface area contributed by atoms with Crippen molar-refractivity contribution in [3.63, 3.8) is 0 Å². The molecule has 4 rings (SSSR count). The van der Waals surface area contributed by atoms with Crippen molar-refractivity contribution in [1.29, 1.82) is 0 Å². The second kappa shape index (κ2) is 10.1. The van der Waals surface area contributed by atoms with Crippen LogP contribution in [0.4, 0.5) is 4.39 Å². The van der Waals surface area contributed by atoms with Gasteiger partial charge in [0.15, 0.2) is 11.4 Å². The molecule has 0 fully saturated rings. The van der Waals surface area contributed by atoms with Gasteiger partial charge in [-0.2, -0.15) is 0 Å². The summed E-state index contributed by atoms with van der Waals surface area (Å²) >= 11 is 0. The number of halogens is 1.